The summed E-state index contributed by atoms with van der Waals surface area (Å²) < 4.78 is 20.4. The lowest BCUT2D eigenvalue weighted by molar-refractivity contribution is -0.132. The number of aromatic amines is 1. The molecule has 2 aliphatic rings. The molecule has 5 rings (SSSR count). The van der Waals surface area contributed by atoms with Gasteiger partial charge in [-0.15, -0.1) is 0 Å². The van der Waals surface area contributed by atoms with E-state index >= 15 is 0 Å². The zero-order chi connectivity index (χ0) is 25.6. The number of ether oxygens (including phenoxy) is 1. The Labute approximate surface area is 208 Å². The molecule has 10 heteroatoms. The highest BCUT2D eigenvalue weighted by molar-refractivity contribution is 6.09. The predicted octanol–water partition coefficient (Wildman–Crippen LogP) is 2.88. The maximum absolute atomic E-state index is 14.4. The monoisotopic (exact) mass is 495 g/mol. The summed E-state index contributed by atoms with van der Waals surface area (Å²) in [5.74, 6) is 0.0696. The van der Waals surface area contributed by atoms with Crippen LogP contribution in [0.1, 0.15) is 47.8 Å². The van der Waals surface area contributed by atoms with Crippen molar-refractivity contribution in [2.75, 3.05) is 19.7 Å². The van der Waals surface area contributed by atoms with Gasteiger partial charge in [0.05, 0.1) is 29.8 Å². The highest BCUT2D eigenvalue weighted by Gasteiger charge is 2.32. The van der Waals surface area contributed by atoms with Crippen LogP contribution in [0, 0.1) is 25.6 Å². The first-order chi connectivity index (χ1) is 17.2. The summed E-state index contributed by atoms with van der Waals surface area (Å²) >= 11 is 0. The fourth-order valence-corrected chi connectivity index (χ4v) is 4.69. The van der Waals surface area contributed by atoms with Crippen LogP contribution in [0.2, 0.25) is 0 Å². The lowest BCUT2D eigenvalue weighted by Gasteiger charge is -2.35. The van der Waals surface area contributed by atoms with E-state index in [1.807, 2.05) is 0 Å². The van der Waals surface area contributed by atoms with Crippen molar-refractivity contribution in [1.82, 2.24) is 25.2 Å². The second-order valence-electron chi connectivity index (χ2n) is 9.82. The Kier molecular flexibility index (Phi) is 6.38. The summed E-state index contributed by atoms with van der Waals surface area (Å²) in [6.07, 6.45) is 3.18. The first-order valence-corrected chi connectivity index (χ1v) is 12.2. The van der Waals surface area contributed by atoms with Crippen LogP contribution >= 0.6 is 0 Å². The molecule has 9 nitrogen and oxygen atoms in total. The Bertz CT molecular complexity index is 1340. The molecule has 1 saturated heterocycles. The summed E-state index contributed by atoms with van der Waals surface area (Å²) in [5, 5.41) is 13.4. The van der Waals surface area contributed by atoms with Crippen molar-refractivity contribution in [3.8, 4) is 17.0 Å². The van der Waals surface area contributed by atoms with E-state index in [9.17, 15) is 19.1 Å². The predicted molar refractivity (Wildman–Crippen MR) is 131 cm³/mol. The molecule has 2 fully saturated rings. The minimum Gasteiger partial charge on any atom is -0.492 e. The van der Waals surface area contributed by atoms with Crippen LogP contribution in [-0.4, -0.2) is 68.6 Å². The Hall–Kier alpha value is -3.53. The molecule has 36 heavy (non-hydrogen) atoms. The molecule has 3 N–H and O–H groups in total. The van der Waals surface area contributed by atoms with E-state index < -0.39 is 12.1 Å². The number of carbonyl (C=O) groups is 2. The van der Waals surface area contributed by atoms with Gasteiger partial charge in [0.2, 0.25) is 5.91 Å². The number of amides is 2. The van der Waals surface area contributed by atoms with Crippen molar-refractivity contribution in [2.45, 2.75) is 52.2 Å². The lowest BCUT2D eigenvalue weighted by atomic mass is 10.0. The van der Waals surface area contributed by atoms with E-state index in [0.717, 1.165) is 12.8 Å². The minimum absolute atomic E-state index is 0.105. The van der Waals surface area contributed by atoms with Crippen molar-refractivity contribution in [2.24, 2.45) is 5.92 Å². The van der Waals surface area contributed by atoms with Crippen LogP contribution < -0.4 is 10.1 Å². The maximum Gasteiger partial charge on any atom is 0.255 e. The number of hydrogen-bond acceptors (Lipinski definition) is 6. The summed E-state index contributed by atoms with van der Waals surface area (Å²) in [6, 6.07) is 2.61. The Morgan fingerprint density at radius 3 is 2.72 bits per heavy atom. The normalized spacial score (nSPS) is 20.0. The number of halogens is 1. The maximum atomic E-state index is 14.4. The first-order valence-electron chi connectivity index (χ1n) is 12.2. The highest BCUT2D eigenvalue weighted by atomic mass is 19.1. The van der Waals surface area contributed by atoms with E-state index in [1.165, 1.54) is 19.3 Å². The van der Waals surface area contributed by atoms with Gasteiger partial charge in [-0.3, -0.25) is 9.59 Å². The van der Waals surface area contributed by atoms with Gasteiger partial charge in [0, 0.05) is 37.3 Å². The van der Waals surface area contributed by atoms with Crippen LogP contribution in [0.5, 0.6) is 5.75 Å². The van der Waals surface area contributed by atoms with Crippen molar-refractivity contribution >= 4 is 22.8 Å². The summed E-state index contributed by atoms with van der Waals surface area (Å²) in [5.41, 5.74) is 3.54. The standard InChI is InChI=1S/C26H30FN5O4/c1-13-8-17(21(9-18(13)27)36-11-16-4-5-16)23-25-24(29-12-28-23)22(14(2)30-25)26(35)31-19-6-7-32(15(3)33)10-20(19)34/h8-9,12,16,19-20,30,34H,4-7,10-11H2,1-3H3,(H,31,35). The fourth-order valence-electron chi connectivity index (χ4n) is 4.69. The van der Waals surface area contributed by atoms with Crippen molar-refractivity contribution in [3.63, 3.8) is 0 Å². The molecule has 0 radical (unpaired) electrons. The van der Waals surface area contributed by atoms with Crippen LogP contribution in [0.3, 0.4) is 0 Å². The molecular formula is C26H30FN5O4. The molecule has 2 unspecified atom stereocenters. The van der Waals surface area contributed by atoms with E-state index in [0.29, 0.717) is 70.4 Å². The fraction of sp³-hybridized carbons (Fsp3) is 0.462. The number of aliphatic hydroxyl groups is 1. The average Bonchev–Trinajstić information content (AvgIpc) is 3.60. The number of aromatic nitrogens is 3. The smallest absolute Gasteiger partial charge is 0.255 e. The Morgan fingerprint density at radius 1 is 1.25 bits per heavy atom. The first kappa shape index (κ1) is 24.2. The molecular weight excluding hydrogens is 465 g/mol. The topological polar surface area (TPSA) is 120 Å². The van der Waals surface area contributed by atoms with Gasteiger partial charge >= 0.3 is 0 Å². The average molecular weight is 496 g/mol. The molecule has 1 aliphatic heterocycles. The number of hydrogen-bond donors (Lipinski definition) is 3. The zero-order valence-corrected chi connectivity index (χ0v) is 20.6. The van der Waals surface area contributed by atoms with Crippen LogP contribution in [0.25, 0.3) is 22.3 Å². The quantitative estimate of drug-likeness (QED) is 0.484. The molecule has 1 saturated carbocycles. The van der Waals surface area contributed by atoms with Crippen LogP contribution in [-0.2, 0) is 4.79 Å². The van der Waals surface area contributed by atoms with E-state index in [4.69, 9.17) is 4.74 Å². The summed E-state index contributed by atoms with van der Waals surface area (Å²) in [4.78, 5) is 38.6. The third-order valence-corrected chi connectivity index (χ3v) is 7.03. The van der Waals surface area contributed by atoms with Gasteiger partial charge in [0.1, 0.15) is 29.1 Å². The lowest BCUT2D eigenvalue weighted by Crippen LogP contribution is -2.55. The van der Waals surface area contributed by atoms with Gasteiger partial charge in [-0.05, 0) is 50.7 Å². The number of benzene rings is 1. The second-order valence-corrected chi connectivity index (χ2v) is 9.82. The van der Waals surface area contributed by atoms with Gasteiger partial charge in [-0.2, -0.15) is 0 Å². The van der Waals surface area contributed by atoms with Crippen molar-refractivity contribution in [1.29, 1.82) is 0 Å². The molecule has 190 valence electrons. The SMILES string of the molecule is CC(=O)N1CCC(NC(=O)c2c(C)[nH]c3c(-c4cc(C)c(F)cc4OCC4CC4)ncnc23)C(O)C1. The number of carbonyl (C=O) groups excluding carboxylic acids is 2. The van der Waals surface area contributed by atoms with Gasteiger partial charge in [-0.1, -0.05) is 0 Å². The zero-order valence-electron chi connectivity index (χ0n) is 20.6. The molecule has 3 heterocycles. The highest BCUT2D eigenvalue weighted by Crippen LogP contribution is 2.37. The molecule has 2 atom stereocenters. The molecule has 0 spiro atoms. The van der Waals surface area contributed by atoms with Gasteiger partial charge in [-0.25, -0.2) is 14.4 Å². The van der Waals surface area contributed by atoms with Crippen LogP contribution in [0.15, 0.2) is 18.5 Å². The van der Waals surface area contributed by atoms with E-state index in [1.54, 1.807) is 24.8 Å². The number of fused-ring (bicyclic) bond motifs is 1. The van der Waals surface area contributed by atoms with E-state index in [2.05, 4.69) is 20.3 Å². The molecule has 2 aromatic heterocycles. The number of β-amino-alcohol motifs (C(OH)–C–C–N with tert-alkyl or cyclic N) is 1. The molecule has 3 aromatic rings. The Morgan fingerprint density at radius 2 is 2.03 bits per heavy atom. The third-order valence-electron chi connectivity index (χ3n) is 7.03. The number of H-pyrrole nitrogens is 1. The summed E-state index contributed by atoms with van der Waals surface area (Å²) in [6.45, 7) is 6.07. The molecule has 2 amide bonds. The van der Waals surface area contributed by atoms with Crippen molar-refractivity contribution < 1.29 is 23.8 Å². The molecule has 0 bridgehead atoms. The Balaban J connectivity index is 1.47. The number of nitrogens with one attached hydrogen (secondary N) is 2. The number of nitrogens with zero attached hydrogens (tertiary/aromatic N) is 3. The largest absolute Gasteiger partial charge is 0.492 e. The number of aliphatic hydroxyl groups excluding tert-OH is 1. The number of piperidine rings is 1. The molecule has 1 aromatic carbocycles. The van der Waals surface area contributed by atoms with Gasteiger partial charge in [0.15, 0.2) is 0 Å². The number of aryl methyl sites for hydroxylation is 2. The third kappa shape index (κ3) is 4.65. The minimum atomic E-state index is -0.865. The summed E-state index contributed by atoms with van der Waals surface area (Å²) in [7, 11) is 0. The van der Waals surface area contributed by atoms with Crippen molar-refractivity contribution in [3.05, 3.63) is 41.1 Å². The van der Waals surface area contributed by atoms with Gasteiger partial charge in [0.25, 0.3) is 5.91 Å². The number of rotatable bonds is 6. The van der Waals surface area contributed by atoms with E-state index in [-0.39, 0.29) is 24.2 Å². The van der Waals surface area contributed by atoms with Crippen LogP contribution in [0.4, 0.5) is 4.39 Å². The number of likely N-dealkylation sites (tertiary alicyclic amines) is 1. The van der Waals surface area contributed by atoms with Gasteiger partial charge < -0.3 is 25.0 Å². The second kappa shape index (κ2) is 9.50. The molecule has 1 aliphatic carbocycles.